The van der Waals surface area contributed by atoms with Crippen LogP contribution in [0.15, 0.2) is 24.3 Å². The van der Waals surface area contributed by atoms with Crippen molar-refractivity contribution in [2.24, 2.45) is 0 Å². The minimum absolute atomic E-state index is 0.203. The normalized spacial score (nSPS) is 15.7. The number of amides is 1. The molecule has 0 saturated heterocycles. The maximum atomic E-state index is 11.7. The Morgan fingerprint density at radius 3 is 2.30 bits per heavy atom. The molecule has 1 fully saturated rings. The molecule has 1 amide bonds. The Kier molecular flexibility index (Phi) is 4.42. The fourth-order valence-corrected chi connectivity index (χ4v) is 2.53. The number of nitrogens with zero attached hydrogens (tertiary/aromatic N) is 1. The first-order valence-electron chi connectivity index (χ1n) is 7.14. The van der Waals surface area contributed by atoms with Crippen molar-refractivity contribution in [3.05, 3.63) is 35.4 Å². The zero-order valence-corrected chi connectivity index (χ0v) is 12.0. The van der Waals surface area contributed by atoms with E-state index < -0.39 is 12.0 Å². The predicted octanol–water partition coefficient (Wildman–Crippen LogP) is 2.95. The van der Waals surface area contributed by atoms with Gasteiger partial charge in [0, 0.05) is 13.5 Å². The van der Waals surface area contributed by atoms with Gasteiger partial charge in [-0.2, -0.15) is 0 Å². The van der Waals surface area contributed by atoms with E-state index in [1.165, 1.54) is 30.2 Å². The van der Waals surface area contributed by atoms with Crippen molar-refractivity contribution < 1.29 is 14.7 Å². The first-order valence-corrected chi connectivity index (χ1v) is 7.14. The summed E-state index contributed by atoms with van der Waals surface area (Å²) in [6.45, 7) is 3.81. The lowest BCUT2D eigenvalue weighted by molar-refractivity contribution is -0.149. The standard InChI is InChI=1S/C16H21NO3/c1-3-10-17(11(2)18)15(16(19)20)14-8-6-13(7-9-14)12-4-5-12/h6-9,12,15H,3-5,10H2,1-2H3,(H,19,20). The topological polar surface area (TPSA) is 57.6 Å². The predicted molar refractivity (Wildman–Crippen MR) is 76.5 cm³/mol. The molecule has 108 valence electrons. The van der Waals surface area contributed by atoms with Crippen LogP contribution in [-0.2, 0) is 9.59 Å². The van der Waals surface area contributed by atoms with Gasteiger partial charge in [-0.05, 0) is 36.3 Å². The highest BCUT2D eigenvalue weighted by atomic mass is 16.4. The molecule has 0 heterocycles. The molecule has 0 aliphatic heterocycles. The molecule has 2 rings (SSSR count). The third kappa shape index (κ3) is 3.18. The highest BCUT2D eigenvalue weighted by Gasteiger charge is 2.29. The monoisotopic (exact) mass is 275 g/mol. The molecule has 1 unspecified atom stereocenters. The van der Waals surface area contributed by atoms with Gasteiger partial charge in [-0.25, -0.2) is 4.79 Å². The number of carboxylic acid groups (broad SMARTS) is 1. The van der Waals surface area contributed by atoms with Crippen LogP contribution in [0.1, 0.15) is 56.2 Å². The van der Waals surface area contributed by atoms with Gasteiger partial charge >= 0.3 is 5.97 Å². The zero-order chi connectivity index (χ0) is 14.7. The van der Waals surface area contributed by atoms with Crippen molar-refractivity contribution in [2.75, 3.05) is 6.54 Å². The second kappa shape index (κ2) is 6.07. The Bertz CT molecular complexity index is 491. The van der Waals surface area contributed by atoms with Crippen molar-refractivity contribution in [3.63, 3.8) is 0 Å². The van der Waals surface area contributed by atoms with Crippen LogP contribution < -0.4 is 0 Å². The fraction of sp³-hybridized carbons (Fsp3) is 0.500. The molecule has 0 radical (unpaired) electrons. The van der Waals surface area contributed by atoms with Crippen LogP contribution >= 0.6 is 0 Å². The smallest absolute Gasteiger partial charge is 0.331 e. The summed E-state index contributed by atoms with van der Waals surface area (Å²) in [7, 11) is 0. The van der Waals surface area contributed by atoms with Gasteiger partial charge in [0.1, 0.15) is 0 Å². The first kappa shape index (κ1) is 14.6. The Balaban J connectivity index is 2.26. The zero-order valence-electron chi connectivity index (χ0n) is 12.0. The number of hydrogen-bond donors (Lipinski definition) is 1. The molecule has 1 N–H and O–H groups in total. The van der Waals surface area contributed by atoms with Gasteiger partial charge < -0.3 is 10.0 Å². The number of aliphatic carboxylic acids is 1. The van der Waals surface area contributed by atoms with E-state index in [9.17, 15) is 14.7 Å². The minimum atomic E-state index is -0.979. The molecule has 1 aliphatic rings. The Hall–Kier alpha value is -1.84. The Labute approximate surface area is 119 Å². The number of carbonyl (C=O) groups is 2. The van der Waals surface area contributed by atoms with E-state index in [0.717, 1.165) is 6.42 Å². The Morgan fingerprint density at radius 2 is 1.90 bits per heavy atom. The number of rotatable bonds is 6. The first-order chi connectivity index (χ1) is 9.54. The van der Waals surface area contributed by atoms with Gasteiger partial charge in [-0.3, -0.25) is 4.79 Å². The van der Waals surface area contributed by atoms with Crippen LogP contribution in [0.3, 0.4) is 0 Å². The molecule has 1 atom stereocenters. The molecule has 20 heavy (non-hydrogen) atoms. The number of benzene rings is 1. The van der Waals surface area contributed by atoms with Crippen molar-refractivity contribution in [3.8, 4) is 0 Å². The van der Waals surface area contributed by atoms with Gasteiger partial charge in [-0.1, -0.05) is 31.2 Å². The molecule has 1 aromatic rings. The highest BCUT2D eigenvalue weighted by Crippen LogP contribution is 2.40. The summed E-state index contributed by atoms with van der Waals surface area (Å²) in [4.78, 5) is 24.7. The number of carboxylic acids is 1. The van der Waals surface area contributed by atoms with E-state index >= 15 is 0 Å². The van der Waals surface area contributed by atoms with Crippen LogP contribution in [0.25, 0.3) is 0 Å². The summed E-state index contributed by atoms with van der Waals surface area (Å²) < 4.78 is 0. The van der Waals surface area contributed by atoms with Crippen LogP contribution in [0.4, 0.5) is 0 Å². The third-order valence-corrected chi connectivity index (χ3v) is 3.72. The summed E-state index contributed by atoms with van der Waals surface area (Å²) in [5, 5.41) is 9.47. The lowest BCUT2D eigenvalue weighted by atomic mass is 10.0. The number of carbonyl (C=O) groups excluding carboxylic acids is 1. The summed E-state index contributed by atoms with van der Waals surface area (Å²) in [5.41, 5.74) is 1.94. The maximum absolute atomic E-state index is 11.7. The molecule has 0 aromatic heterocycles. The van der Waals surface area contributed by atoms with Crippen molar-refractivity contribution >= 4 is 11.9 Å². The van der Waals surface area contributed by atoms with Gasteiger partial charge in [0.05, 0.1) is 0 Å². The lowest BCUT2D eigenvalue weighted by Crippen LogP contribution is -2.38. The van der Waals surface area contributed by atoms with Crippen molar-refractivity contribution in [2.45, 2.75) is 45.1 Å². The SMILES string of the molecule is CCCN(C(C)=O)C(C(=O)O)c1ccc(C2CC2)cc1. The van der Waals surface area contributed by atoms with E-state index in [1.807, 2.05) is 31.2 Å². The average molecular weight is 275 g/mol. The molecule has 0 spiro atoms. The van der Waals surface area contributed by atoms with Gasteiger partial charge in [0.25, 0.3) is 0 Å². The van der Waals surface area contributed by atoms with Crippen molar-refractivity contribution in [1.82, 2.24) is 4.90 Å². The van der Waals surface area contributed by atoms with E-state index in [-0.39, 0.29) is 5.91 Å². The molecular formula is C16H21NO3. The second-order valence-corrected chi connectivity index (χ2v) is 5.39. The lowest BCUT2D eigenvalue weighted by Gasteiger charge is -2.28. The van der Waals surface area contributed by atoms with Gasteiger partial charge in [0.15, 0.2) is 6.04 Å². The summed E-state index contributed by atoms with van der Waals surface area (Å²) in [6, 6.07) is 6.79. The quantitative estimate of drug-likeness (QED) is 0.868. The minimum Gasteiger partial charge on any atom is -0.479 e. The second-order valence-electron chi connectivity index (χ2n) is 5.39. The summed E-state index contributed by atoms with van der Waals surface area (Å²) in [5.74, 6) is -0.537. The van der Waals surface area contributed by atoms with Crippen LogP contribution in [0.2, 0.25) is 0 Å². The molecule has 1 saturated carbocycles. The number of hydrogen-bond acceptors (Lipinski definition) is 2. The molecule has 4 heteroatoms. The van der Waals surface area contributed by atoms with E-state index in [2.05, 4.69) is 0 Å². The van der Waals surface area contributed by atoms with E-state index in [1.54, 1.807) is 0 Å². The maximum Gasteiger partial charge on any atom is 0.331 e. The Morgan fingerprint density at radius 1 is 1.30 bits per heavy atom. The highest BCUT2D eigenvalue weighted by molar-refractivity contribution is 5.83. The molecule has 1 aliphatic carbocycles. The van der Waals surface area contributed by atoms with Crippen LogP contribution in [0.5, 0.6) is 0 Å². The van der Waals surface area contributed by atoms with Crippen molar-refractivity contribution in [1.29, 1.82) is 0 Å². The summed E-state index contributed by atoms with van der Waals surface area (Å²) in [6.07, 6.45) is 3.18. The summed E-state index contributed by atoms with van der Waals surface area (Å²) >= 11 is 0. The molecule has 4 nitrogen and oxygen atoms in total. The largest absolute Gasteiger partial charge is 0.479 e. The van der Waals surface area contributed by atoms with Gasteiger partial charge in [0.2, 0.25) is 5.91 Å². The average Bonchev–Trinajstić information content (AvgIpc) is 3.23. The van der Waals surface area contributed by atoms with E-state index in [0.29, 0.717) is 18.0 Å². The van der Waals surface area contributed by atoms with Crippen LogP contribution in [0, 0.1) is 0 Å². The van der Waals surface area contributed by atoms with Gasteiger partial charge in [-0.15, -0.1) is 0 Å². The molecular weight excluding hydrogens is 254 g/mol. The fourth-order valence-electron chi connectivity index (χ4n) is 2.53. The van der Waals surface area contributed by atoms with Crippen LogP contribution in [-0.4, -0.2) is 28.4 Å². The molecule has 1 aromatic carbocycles. The third-order valence-electron chi connectivity index (χ3n) is 3.72. The molecule has 0 bridgehead atoms. The van der Waals surface area contributed by atoms with E-state index in [4.69, 9.17) is 0 Å².